The molecule has 0 aromatic heterocycles. The number of halogens is 3. The smallest absolute Gasteiger partial charge is 0.416 e. The van der Waals surface area contributed by atoms with Crippen LogP contribution < -0.4 is 0 Å². The summed E-state index contributed by atoms with van der Waals surface area (Å²) in [4.78, 5) is 26.4. The minimum absolute atomic E-state index is 0.0316. The van der Waals surface area contributed by atoms with Crippen LogP contribution >= 0.6 is 15.9 Å². The normalized spacial score (nSPS) is 19.6. The van der Waals surface area contributed by atoms with Crippen molar-refractivity contribution in [2.45, 2.75) is 25.0 Å². The van der Waals surface area contributed by atoms with Gasteiger partial charge >= 0.3 is 6.09 Å². The minimum atomic E-state index is -1.99. The van der Waals surface area contributed by atoms with Gasteiger partial charge < -0.3 is 9.84 Å². The van der Waals surface area contributed by atoms with Gasteiger partial charge in [-0.15, -0.1) is 0 Å². The maximum Gasteiger partial charge on any atom is 0.416 e. The van der Waals surface area contributed by atoms with Crippen LogP contribution in [0, 0.1) is 17.6 Å². The van der Waals surface area contributed by atoms with Gasteiger partial charge in [0.1, 0.15) is 23.8 Å². The van der Waals surface area contributed by atoms with E-state index in [-0.39, 0.29) is 17.5 Å². The first-order chi connectivity index (χ1) is 13.8. The zero-order valence-electron chi connectivity index (χ0n) is 15.6. The van der Waals surface area contributed by atoms with Crippen LogP contribution in [0.25, 0.3) is 0 Å². The van der Waals surface area contributed by atoms with Crippen molar-refractivity contribution in [1.82, 2.24) is 4.90 Å². The lowest BCUT2D eigenvalue weighted by molar-refractivity contribution is -0.141. The van der Waals surface area contributed by atoms with Gasteiger partial charge in [0.05, 0.1) is 12.0 Å². The van der Waals surface area contributed by atoms with Crippen molar-refractivity contribution < 1.29 is 28.2 Å². The molecular formula is C21H20BrF2NO4. The molecule has 1 aliphatic heterocycles. The zero-order valence-corrected chi connectivity index (χ0v) is 17.2. The molecule has 0 bridgehead atoms. The first-order valence-electron chi connectivity index (χ1n) is 9.05. The van der Waals surface area contributed by atoms with E-state index in [1.54, 1.807) is 0 Å². The Kier molecular flexibility index (Phi) is 6.33. The number of nitrogens with zero attached hydrogens (tertiary/aromatic N) is 1. The number of ether oxygens (including phenoxy) is 1. The quantitative estimate of drug-likeness (QED) is 0.656. The summed E-state index contributed by atoms with van der Waals surface area (Å²) in [6, 6.07) is 11.5. The van der Waals surface area contributed by atoms with Gasteiger partial charge in [0.2, 0.25) is 5.91 Å². The Bertz CT molecular complexity index is 911. The summed E-state index contributed by atoms with van der Waals surface area (Å²) in [6.07, 6.45) is -0.415. The van der Waals surface area contributed by atoms with Crippen molar-refractivity contribution in [2.24, 2.45) is 5.92 Å². The second kappa shape index (κ2) is 8.59. The highest BCUT2D eigenvalue weighted by Gasteiger charge is 2.47. The van der Waals surface area contributed by atoms with Crippen molar-refractivity contribution in [3.63, 3.8) is 0 Å². The van der Waals surface area contributed by atoms with Crippen molar-refractivity contribution in [3.8, 4) is 0 Å². The Labute approximate surface area is 175 Å². The van der Waals surface area contributed by atoms with Crippen molar-refractivity contribution in [2.75, 3.05) is 11.9 Å². The van der Waals surface area contributed by atoms with E-state index < -0.39 is 41.2 Å². The van der Waals surface area contributed by atoms with Crippen LogP contribution in [0.3, 0.4) is 0 Å². The monoisotopic (exact) mass is 467 g/mol. The lowest BCUT2D eigenvalue weighted by Gasteiger charge is -2.34. The number of carbonyl (C=O) groups is 2. The number of amides is 2. The van der Waals surface area contributed by atoms with Crippen LogP contribution in [0.4, 0.5) is 13.6 Å². The molecule has 3 rings (SSSR count). The van der Waals surface area contributed by atoms with E-state index in [0.29, 0.717) is 12.5 Å². The summed E-state index contributed by atoms with van der Waals surface area (Å²) >= 11 is 3.13. The first-order valence-corrected chi connectivity index (χ1v) is 10.2. The van der Waals surface area contributed by atoms with Crippen LogP contribution in [0.1, 0.15) is 18.1 Å². The lowest BCUT2D eigenvalue weighted by atomic mass is 9.82. The third kappa shape index (κ3) is 4.18. The molecule has 0 aliphatic carbocycles. The molecule has 3 atom stereocenters. The largest absolute Gasteiger partial charge is 0.447 e. The van der Waals surface area contributed by atoms with Gasteiger partial charge in [-0.3, -0.25) is 4.79 Å². The molecule has 1 heterocycles. The van der Waals surface area contributed by atoms with Crippen molar-refractivity contribution >= 4 is 27.9 Å². The maximum atomic E-state index is 14.3. The minimum Gasteiger partial charge on any atom is -0.447 e. The number of alkyl halides is 1. The number of carbonyl (C=O) groups excluding carboxylic acids is 2. The fourth-order valence-electron chi connectivity index (χ4n) is 3.44. The summed E-state index contributed by atoms with van der Waals surface area (Å²) in [7, 11) is 0. The number of aliphatic hydroxyl groups is 1. The van der Waals surface area contributed by atoms with Gasteiger partial charge in [0.25, 0.3) is 0 Å². The molecule has 8 heteroatoms. The number of benzene rings is 2. The van der Waals surface area contributed by atoms with Crippen molar-refractivity contribution in [1.29, 1.82) is 0 Å². The Morgan fingerprint density at radius 3 is 2.62 bits per heavy atom. The molecule has 5 nitrogen and oxygen atoms in total. The van der Waals surface area contributed by atoms with Gasteiger partial charge in [-0.25, -0.2) is 18.5 Å². The average Bonchev–Trinajstić information content (AvgIpc) is 3.07. The topological polar surface area (TPSA) is 66.8 Å². The molecule has 2 aromatic rings. The molecule has 0 spiro atoms. The van der Waals surface area contributed by atoms with E-state index in [9.17, 15) is 23.5 Å². The molecule has 1 saturated heterocycles. The number of rotatable bonds is 6. The highest BCUT2D eigenvalue weighted by atomic mass is 79.9. The molecule has 2 amide bonds. The predicted octanol–water partition coefficient (Wildman–Crippen LogP) is 3.77. The second-order valence-corrected chi connectivity index (χ2v) is 7.59. The van der Waals surface area contributed by atoms with E-state index in [1.165, 1.54) is 6.92 Å². The Morgan fingerprint density at radius 1 is 1.31 bits per heavy atom. The third-order valence-electron chi connectivity index (χ3n) is 5.20. The summed E-state index contributed by atoms with van der Waals surface area (Å²) in [6.45, 7) is 1.43. The highest BCUT2D eigenvalue weighted by Crippen LogP contribution is 2.36. The maximum absolute atomic E-state index is 14.3. The Morgan fingerprint density at radius 2 is 2.00 bits per heavy atom. The fraction of sp³-hybridized carbons (Fsp3) is 0.333. The van der Waals surface area contributed by atoms with Crippen LogP contribution in [0.5, 0.6) is 0 Å². The van der Waals surface area contributed by atoms with Crippen molar-refractivity contribution in [3.05, 3.63) is 71.3 Å². The summed E-state index contributed by atoms with van der Waals surface area (Å²) in [5.74, 6) is -3.67. The molecule has 0 radical (unpaired) electrons. The van der Waals surface area contributed by atoms with E-state index >= 15 is 0 Å². The highest BCUT2D eigenvalue weighted by molar-refractivity contribution is 9.09. The molecule has 0 saturated carbocycles. The van der Waals surface area contributed by atoms with E-state index in [1.807, 2.05) is 30.3 Å². The summed E-state index contributed by atoms with van der Waals surface area (Å²) in [5, 5.41) is 10.9. The van der Waals surface area contributed by atoms with Gasteiger partial charge in [-0.1, -0.05) is 59.3 Å². The van der Waals surface area contributed by atoms with Gasteiger partial charge in [-0.2, -0.15) is 0 Å². The molecule has 2 aromatic carbocycles. The molecule has 0 unspecified atom stereocenters. The molecule has 1 aliphatic rings. The summed E-state index contributed by atoms with van der Waals surface area (Å²) < 4.78 is 32.7. The van der Waals surface area contributed by atoms with Crippen LogP contribution in [-0.2, 0) is 21.6 Å². The molecular weight excluding hydrogens is 448 g/mol. The number of hydrogen-bond donors (Lipinski definition) is 1. The Hall–Kier alpha value is -2.32. The SMILES string of the molecule is C[C@@H](C(=O)N1C(=O)OC[C@@H]1Cc1ccccc1)[C@](O)(CBr)c1ccc(F)cc1F. The lowest BCUT2D eigenvalue weighted by Crippen LogP contribution is -2.50. The molecule has 154 valence electrons. The average molecular weight is 468 g/mol. The van der Waals surface area contributed by atoms with Gasteiger partial charge in [0.15, 0.2) is 0 Å². The number of cyclic esters (lactones) is 1. The number of imide groups is 1. The standard InChI is InChI=1S/C21H20BrF2NO4/c1-13(21(28,12-22)17-8-7-15(23)10-18(17)24)19(26)25-16(11-29-20(25)27)9-14-5-3-2-4-6-14/h2-8,10,13,16,28H,9,11-12H2,1H3/t13-,16-,21+/m0/s1. The molecule has 29 heavy (non-hydrogen) atoms. The molecule has 1 N–H and O–H groups in total. The first kappa shape index (κ1) is 21.4. The van der Waals surface area contributed by atoms with Gasteiger partial charge in [-0.05, 0) is 18.1 Å². The van der Waals surface area contributed by atoms with Crippen LogP contribution in [-0.4, -0.2) is 40.0 Å². The summed E-state index contributed by atoms with van der Waals surface area (Å²) in [5.41, 5.74) is -1.31. The van der Waals surface area contributed by atoms with Crippen LogP contribution in [0.2, 0.25) is 0 Å². The van der Waals surface area contributed by atoms with Gasteiger partial charge in [0, 0.05) is 17.0 Å². The second-order valence-electron chi connectivity index (χ2n) is 7.03. The molecule has 1 fully saturated rings. The fourth-order valence-corrected chi connectivity index (χ4v) is 4.23. The van der Waals surface area contributed by atoms with E-state index in [4.69, 9.17) is 4.74 Å². The number of hydrogen-bond acceptors (Lipinski definition) is 4. The Balaban J connectivity index is 1.88. The third-order valence-corrected chi connectivity index (χ3v) is 6.06. The van der Waals surface area contributed by atoms with Crippen LogP contribution in [0.15, 0.2) is 48.5 Å². The van der Waals surface area contributed by atoms with E-state index in [2.05, 4.69) is 15.9 Å². The zero-order chi connectivity index (χ0) is 21.2. The van der Waals surface area contributed by atoms with E-state index in [0.717, 1.165) is 22.6 Å². The predicted molar refractivity (Wildman–Crippen MR) is 105 cm³/mol.